The maximum Gasteiger partial charge on any atom is 0.418 e. The highest BCUT2D eigenvalue weighted by Gasteiger charge is 2.39. The van der Waals surface area contributed by atoms with Crippen LogP contribution >= 0.6 is 0 Å². The van der Waals surface area contributed by atoms with Gasteiger partial charge in [0, 0.05) is 18.1 Å². The number of carbonyl (C=O) groups is 1. The summed E-state index contributed by atoms with van der Waals surface area (Å²) < 4.78 is 37.0. The quantitative estimate of drug-likeness (QED) is 0.915. The number of aliphatic hydroxyl groups excluding tert-OH is 1. The zero-order valence-electron chi connectivity index (χ0n) is 10.6. The van der Waals surface area contributed by atoms with Gasteiger partial charge in [-0.1, -0.05) is 12.1 Å². The Morgan fingerprint density at radius 2 is 1.86 bits per heavy atom. The van der Waals surface area contributed by atoms with Crippen LogP contribution in [0, 0.1) is 0 Å². The summed E-state index contributed by atoms with van der Waals surface area (Å²) in [6, 6.07) is 7.95. The molecule has 0 saturated heterocycles. The number of rotatable bonds is 3. The molecule has 0 bridgehead atoms. The van der Waals surface area contributed by atoms with E-state index in [1.54, 1.807) is 12.1 Å². The molecule has 0 aliphatic carbocycles. The van der Waals surface area contributed by atoms with Crippen LogP contribution in [0.1, 0.15) is 22.0 Å². The molecule has 2 N–H and O–H groups in total. The molecular weight excluding hydrogens is 285 g/mol. The molecule has 0 aliphatic heterocycles. The van der Waals surface area contributed by atoms with Crippen LogP contribution in [0.3, 0.4) is 0 Å². The first-order valence-corrected chi connectivity index (χ1v) is 5.94. The average Bonchev–Trinajstić information content (AvgIpc) is 2.47. The van der Waals surface area contributed by atoms with Crippen LogP contribution in [0.4, 0.5) is 18.9 Å². The van der Waals surface area contributed by atoms with Crippen molar-refractivity contribution in [1.29, 1.82) is 0 Å². The van der Waals surface area contributed by atoms with Crippen LogP contribution in [-0.2, 0) is 0 Å². The van der Waals surface area contributed by atoms with Crippen LogP contribution in [0.25, 0.3) is 0 Å². The number of anilines is 1. The molecule has 1 heterocycles. The Hall–Kier alpha value is -2.41. The normalized spacial score (nSPS) is 12.8. The molecule has 1 amide bonds. The Morgan fingerprint density at radius 1 is 1.19 bits per heavy atom. The van der Waals surface area contributed by atoms with E-state index in [2.05, 4.69) is 10.3 Å². The molecule has 1 unspecified atom stereocenters. The number of amides is 1. The molecule has 1 aromatic heterocycles. The molecular formula is C14H11F3N2O2. The predicted octanol–water partition coefficient (Wildman–Crippen LogP) is 2.93. The maximum atomic E-state index is 12.3. The van der Waals surface area contributed by atoms with Crippen LogP contribution in [0.2, 0.25) is 0 Å². The first-order chi connectivity index (χ1) is 9.88. The number of halogens is 3. The van der Waals surface area contributed by atoms with E-state index in [0.717, 1.165) is 12.1 Å². The zero-order chi connectivity index (χ0) is 15.5. The fourth-order valence-corrected chi connectivity index (χ4v) is 1.64. The number of benzene rings is 1. The summed E-state index contributed by atoms with van der Waals surface area (Å²) in [5.74, 6) is -0.424. The van der Waals surface area contributed by atoms with Crippen molar-refractivity contribution < 1.29 is 23.1 Å². The lowest BCUT2D eigenvalue weighted by Crippen LogP contribution is -2.20. The molecule has 2 aromatic rings. The summed E-state index contributed by atoms with van der Waals surface area (Å²) in [7, 11) is 0. The largest absolute Gasteiger partial charge is 0.418 e. The second-order valence-corrected chi connectivity index (χ2v) is 4.26. The van der Waals surface area contributed by atoms with Crippen LogP contribution < -0.4 is 5.32 Å². The van der Waals surface area contributed by atoms with Crippen molar-refractivity contribution in [2.24, 2.45) is 0 Å². The smallest absolute Gasteiger partial charge is 0.379 e. The van der Waals surface area contributed by atoms with Gasteiger partial charge in [0.25, 0.3) is 5.91 Å². The minimum atomic E-state index is -4.72. The summed E-state index contributed by atoms with van der Waals surface area (Å²) >= 11 is 0. The van der Waals surface area contributed by atoms with E-state index in [1.165, 1.54) is 24.5 Å². The van der Waals surface area contributed by atoms with Crippen LogP contribution in [0.15, 0.2) is 48.8 Å². The highest BCUT2D eigenvalue weighted by Crippen LogP contribution is 2.32. The third-order valence-electron chi connectivity index (χ3n) is 2.72. The van der Waals surface area contributed by atoms with Crippen molar-refractivity contribution in [2.75, 3.05) is 5.32 Å². The van der Waals surface area contributed by atoms with Gasteiger partial charge in [0.2, 0.25) is 0 Å². The van der Waals surface area contributed by atoms with Gasteiger partial charge < -0.3 is 10.4 Å². The van der Waals surface area contributed by atoms with Gasteiger partial charge in [-0.05, 0) is 29.8 Å². The Morgan fingerprint density at radius 3 is 2.38 bits per heavy atom. The first-order valence-electron chi connectivity index (χ1n) is 5.94. The molecule has 2 rings (SSSR count). The Bertz CT molecular complexity index is 612. The molecule has 0 fully saturated rings. The van der Waals surface area contributed by atoms with Gasteiger partial charge in [-0.3, -0.25) is 9.78 Å². The Kier molecular flexibility index (Phi) is 4.23. The first kappa shape index (κ1) is 15.0. The van der Waals surface area contributed by atoms with Gasteiger partial charge in [-0.15, -0.1) is 0 Å². The molecule has 0 spiro atoms. The van der Waals surface area contributed by atoms with Crippen molar-refractivity contribution in [3.8, 4) is 0 Å². The van der Waals surface area contributed by atoms with E-state index in [4.69, 9.17) is 5.11 Å². The lowest BCUT2D eigenvalue weighted by Gasteiger charge is -2.15. The summed E-state index contributed by atoms with van der Waals surface area (Å²) in [4.78, 5) is 15.6. The SMILES string of the molecule is O=C(Nc1ccc(C(O)C(F)(F)F)cc1)c1cccnc1. The fraction of sp³-hybridized carbons (Fsp3) is 0.143. The summed E-state index contributed by atoms with van der Waals surface area (Å²) in [6.45, 7) is 0. The van der Waals surface area contributed by atoms with Gasteiger partial charge in [0.15, 0.2) is 6.10 Å². The monoisotopic (exact) mass is 296 g/mol. The molecule has 1 aromatic carbocycles. The van der Waals surface area contributed by atoms with Crippen molar-refractivity contribution in [1.82, 2.24) is 4.98 Å². The number of aromatic nitrogens is 1. The summed E-state index contributed by atoms with van der Waals surface area (Å²) in [5.41, 5.74) is 0.362. The average molecular weight is 296 g/mol. The lowest BCUT2D eigenvalue weighted by molar-refractivity contribution is -0.206. The maximum absolute atomic E-state index is 12.3. The second-order valence-electron chi connectivity index (χ2n) is 4.26. The number of nitrogens with zero attached hydrogens (tertiary/aromatic N) is 1. The molecule has 110 valence electrons. The number of alkyl halides is 3. The molecule has 0 saturated carbocycles. The molecule has 0 aliphatic rings. The molecule has 4 nitrogen and oxygen atoms in total. The standard InChI is InChI=1S/C14H11F3N2O2/c15-14(16,17)12(20)9-3-5-11(6-4-9)19-13(21)10-2-1-7-18-8-10/h1-8,12,20H,(H,19,21). The van der Waals surface area contributed by atoms with E-state index < -0.39 is 18.2 Å². The summed E-state index contributed by atoms with van der Waals surface area (Å²) in [5, 5.41) is 11.6. The lowest BCUT2D eigenvalue weighted by atomic mass is 10.1. The van der Waals surface area contributed by atoms with Crippen LogP contribution in [0.5, 0.6) is 0 Å². The fourth-order valence-electron chi connectivity index (χ4n) is 1.64. The van der Waals surface area contributed by atoms with Gasteiger partial charge in [-0.25, -0.2) is 0 Å². The number of hydrogen-bond acceptors (Lipinski definition) is 3. The number of aliphatic hydroxyl groups is 1. The van der Waals surface area contributed by atoms with Gasteiger partial charge in [-0.2, -0.15) is 13.2 Å². The summed E-state index contributed by atoms with van der Waals surface area (Å²) in [6.07, 6.45) is -4.37. The minimum absolute atomic E-state index is 0.290. The minimum Gasteiger partial charge on any atom is -0.379 e. The predicted molar refractivity (Wildman–Crippen MR) is 69.6 cm³/mol. The van der Waals surface area contributed by atoms with E-state index in [-0.39, 0.29) is 5.56 Å². The van der Waals surface area contributed by atoms with Gasteiger partial charge in [0.05, 0.1) is 5.56 Å². The highest BCUT2D eigenvalue weighted by atomic mass is 19.4. The van der Waals surface area contributed by atoms with E-state index in [1.807, 2.05) is 0 Å². The zero-order valence-corrected chi connectivity index (χ0v) is 10.6. The van der Waals surface area contributed by atoms with Crippen molar-refractivity contribution >= 4 is 11.6 Å². The van der Waals surface area contributed by atoms with Gasteiger partial charge in [0.1, 0.15) is 0 Å². The number of nitrogens with one attached hydrogen (secondary N) is 1. The Balaban J connectivity index is 2.08. The number of hydrogen-bond donors (Lipinski definition) is 2. The van der Waals surface area contributed by atoms with E-state index >= 15 is 0 Å². The topological polar surface area (TPSA) is 62.2 Å². The van der Waals surface area contributed by atoms with Crippen molar-refractivity contribution in [2.45, 2.75) is 12.3 Å². The molecule has 7 heteroatoms. The number of carbonyl (C=O) groups excluding carboxylic acids is 1. The van der Waals surface area contributed by atoms with Crippen molar-refractivity contribution in [3.05, 3.63) is 59.9 Å². The molecule has 21 heavy (non-hydrogen) atoms. The van der Waals surface area contributed by atoms with E-state index in [0.29, 0.717) is 11.3 Å². The third kappa shape index (κ3) is 3.79. The van der Waals surface area contributed by atoms with Crippen molar-refractivity contribution in [3.63, 3.8) is 0 Å². The van der Waals surface area contributed by atoms with E-state index in [9.17, 15) is 18.0 Å². The second kappa shape index (κ2) is 5.92. The van der Waals surface area contributed by atoms with Gasteiger partial charge >= 0.3 is 6.18 Å². The van der Waals surface area contributed by atoms with Crippen LogP contribution in [-0.4, -0.2) is 22.2 Å². The molecule has 0 radical (unpaired) electrons. The highest BCUT2D eigenvalue weighted by molar-refractivity contribution is 6.03. The molecule has 1 atom stereocenters. The third-order valence-corrected chi connectivity index (χ3v) is 2.72. The Labute approximate surface area is 118 Å². The number of pyridine rings is 1.